The lowest BCUT2D eigenvalue weighted by Crippen LogP contribution is -2.48. The third-order valence-electron chi connectivity index (χ3n) is 5.71. The van der Waals surface area contributed by atoms with Crippen LogP contribution in [-0.2, 0) is 4.79 Å². The van der Waals surface area contributed by atoms with E-state index in [1.54, 1.807) is 49.6 Å². The van der Waals surface area contributed by atoms with Crippen LogP contribution in [0.1, 0.15) is 15.9 Å². The number of hydrogen-bond donors (Lipinski definition) is 1. The van der Waals surface area contributed by atoms with Crippen molar-refractivity contribution in [3.63, 3.8) is 0 Å². The van der Waals surface area contributed by atoms with E-state index in [2.05, 4.69) is 10.2 Å². The zero-order valence-electron chi connectivity index (χ0n) is 18.9. The Hall–Kier alpha value is -3.77. The Balaban J connectivity index is 1.41. The standard InChI is InChI=1S/C27H26ClN3O3/c1-34-23-11-8-21(9-12-23)27(33)29-24-19-22(28)10-13-25(24)30-15-17-31(18-16-30)26(32)14-7-20-5-3-2-4-6-20/h2-14,19H,15-18H2,1H3,(H,29,33)/b14-7+. The second-order valence-corrected chi connectivity index (χ2v) is 8.34. The topological polar surface area (TPSA) is 61.9 Å². The van der Waals surface area contributed by atoms with Crippen LogP contribution in [-0.4, -0.2) is 50.0 Å². The van der Waals surface area contributed by atoms with E-state index in [1.807, 2.05) is 47.4 Å². The van der Waals surface area contributed by atoms with Crippen LogP contribution >= 0.6 is 11.6 Å². The van der Waals surface area contributed by atoms with Crippen molar-refractivity contribution in [1.82, 2.24) is 4.90 Å². The minimum absolute atomic E-state index is 0.00681. The van der Waals surface area contributed by atoms with E-state index in [9.17, 15) is 9.59 Å². The van der Waals surface area contributed by atoms with Gasteiger partial charge in [0.25, 0.3) is 5.91 Å². The molecule has 7 heteroatoms. The number of amides is 2. The number of rotatable bonds is 6. The second kappa shape index (κ2) is 10.9. The molecule has 0 bridgehead atoms. The van der Waals surface area contributed by atoms with Gasteiger partial charge in [0.05, 0.1) is 18.5 Å². The summed E-state index contributed by atoms with van der Waals surface area (Å²) >= 11 is 6.23. The normalized spacial score (nSPS) is 13.7. The molecule has 2 amide bonds. The Morgan fingerprint density at radius 2 is 1.65 bits per heavy atom. The van der Waals surface area contributed by atoms with Crippen LogP contribution in [0, 0.1) is 0 Å². The van der Waals surface area contributed by atoms with Crippen molar-refractivity contribution in [2.75, 3.05) is 43.5 Å². The first-order valence-electron chi connectivity index (χ1n) is 11.1. The summed E-state index contributed by atoms with van der Waals surface area (Å²) in [4.78, 5) is 29.4. The van der Waals surface area contributed by atoms with E-state index in [-0.39, 0.29) is 11.8 Å². The fourth-order valence-electron chi connectivity index (χ4n) is 3.83. The number of benzene rings is 3. The smallest absolute Gasteiger partial charge is 0.255 e. The number of nitrogens with zero attached hydrogens (tertiary/aromatic N) is 2. The predicted octanol–water partition coefficient (Wildman–Crippen LogP) is 4.96. The lowest BCUT2D eigenvalue weighted by Gasteiger charge is -2.36. The van der Waals surface area contributed by atoms with Gasteiger partial charge in [0.15, 0.2) is 0 Å². The first kappa shape index (κ1) is 23.4. The Labute approximate surface area is 204 Å². The molecule has 0 saturated carbocycles. The van der Waals surface area contributed by atoms with Gasteiger partial charge in [-0.15, -0.1) is 0 Å². The van der Waals surface area contributed by atoms with Gasteiger partial charge in [-0.1, -0.05) is 41.9 Å². The Morgan fingerprint density at radius 3 is 2.32 bits per heavy atom. The summed E-state index contributed by atoms with van der Waals surface area (Å²) in [6.45, 7) is 2.48. The molecule has 0 radical (unpaired) electrons. The minimum atomic E-state index is -0.231. The van der Waals surface area contributed by atoms with Gasteiger partial charge in [0.2, 0.25) is 5.91 Å². The highest BCUT2D eigenvalue weighted by Crippen LogP contribution is 2.30. The highest BCUT2D eigenvalue weighted by atomic mass is 35.5. The van der Waals surface area contributed by atoms with Crippen LogP contribution in [0.3, 0.4) is 0 Å². The highest BCUT2D eigenvalue weighted by molar-refractivity contribution is 6.31. The van der Waals surface area contributed by atoms with Crippen LogP contribution in [0.4, 0.5) is 11.4 Å². The van der Waals surface area contributed by atoms with Crippen LogP contribution in [0.15, 0.2) is 78.9 Å². The van der Waals surface area contributed by atoms with E-state index in [1.165, 1.54) is 0 Å². The van der Waals surface area contributed by atoms with Gasteiger partial charge in [-0.05, 0) is 54.1 Å². The third-order valence-corrected chi connectivity index (χ3v) is 5.94. The Morgan fingerprint density at radius 1 is 0.941 bits per heavy atom. The monoisotopic (exact) mass is 475 g/mol. The van der Waals surface area contributed by atoms with Crippen molar-refractivity contribution in [3.8, 4) is 5.75 Å². The van der Waals surface area contributed by atoms with E-state index in [0.717, 1.165) is 11.3 Å². The molecule has 1 aliphatic heterocycles. The van der Waals surface area contributed by atoms with Crippen LogP contribution in [0.25, 0.3) is 6.08 Å². The molecule has 0 spiro atoms. The third kappa shape index (κ3) is 5.77. The summed E-state index contributed by atoms with van der Waals surface area (Å²) in [6, 6.07) is 22.1. The molecule has 174 valence electrons. The van der Waals surface area contributed by atoms with Gasteiger partial charge in [-0.3, -0.25) is 9.59 Å². The second-order valence-electron chi connectivity index (χ2n) is 7.90. The first-order chi connectivity index (χ1) is 16.5. The van der Waals surface area contributed by atoms with Crippen molar-refractivity contribution in [1.29, 1.82) is 0 Å². The highest BCUT2D eigenvalue weighted by Gasteiger charge is 2.22. The number of carbonyl (C=O) groups is 2. The molecule has 34 heavy (non-hydrogen) atoms. The van der Waals surface area contributed by atoms with Gasteiger partial charge in [-0.2, -0.15) is 0 Å². The summed E-state index contributed by atoms with van der Waals surface area (Å²) in [6.07, 6.45) is 3.45. The summed E-state index contributed by atoms with van der Waals surface area (Å²) < 4.78 is 5.16. The van der Waals surface area contributed by atoms with Gasteiger partial charge < -0.3 is 19.9 Å². The number of anilines is 2. The molecule has 1 saturated heterocycles. The van der Waals surface area contributed by atoms with E-state index < -0.39 is 0 Å². The maximum Gasteiger partial charge on any atom is 0.255 e. The fourth-order valence-corrected chi connectivity index (χ4v) is 4.00. The fraction of sp³-hybridized carbons (Fsp3) is 0.185. The molecular weight excluding hydrogens is 450 g/mol. The average Bonchev–Trinajstić information content (AvgIpc) is 2.88. The molecule has 1 N–H and O–H groups in total. The number of hydrogen-bond acceptors (Lipinski definition) is 4. The molecule has 1 fully saturated rings. The lowest BCUT2D eigenvalue weighted by atomic mass is 10.1. The average molecular weight is 476 g/mol. The molecule has 3 aromatic carbocycles. The molecule has 1 aliphatic rings. The molecule has 0 aliphatic carbocycles. The number of piperazine rings is 1. The maximum absolute atomic E-state index is 12.8. The minimum Gasteiger partial charge on any atom is -0.497 e. The maximum atomic E-state index is 12.8. The van der Waals surface area contributed by atoms with Crippen LogP contribution < -0.4 is 15.0 Å². The van der Waals surface area contributed by atoms with Crippen molar-refractivity contribution in [3.05, 3.63) is 95.0 Å². The van der Waals surface area contributed by atoms with Crippen molar-refractivity contribution in [2.24, 2.45) is 0 Å². The van der Waals surface area contributed by atoms with Gasteiger partial charge in [0.1, 0.15) is 5.75 Å². The molecule has 6 nitrogen and oxygen atoms in total. The summed E-state index contributed by atoms with van der Waals surface area (Å²) in [7, 11) is 1.58. The van der Waals surface area contributed by atoms with Crippen LogP contribution in [0.2, 0.25) is 5.02 Å². The summed E-state index contributed by atoms with van der Waals surface area (Å²) in [5, 5.41) is 3.51. The Bertz CT molecular complexity index is 1170. The van der Waals surface area contributed by atoms with Gasteiger partial charge in [-0.25, -0.2) is 0 Å². The lowest BCUT2D eigenvalue weighted by molar-refractivity contribution is -0.126. The summed E-state index contributed by atoms with van der Waals surface area (Å²) in [5.41, 5.74) is 3.02. The molecule has 0 atom stereocenters. The Kier molecular flexibility index (Phi) is 7.50. The molecular formula is C27H26ClN3O3. The number of halogens is 1. The summed E-state index contributed by atoms with van der Waals surface area (Å²) in [5.74, 6) is 0.449. The van der Waals surface area contributed by atoms with Gasteiger partial charge in [0, 0.05) is 42.8 Å². The molecule has 4 rings (SSSR count). The number of nitrogens with one attached hydrogen (secondary N) is 1. The van der Waals surface area contributed by atoms with E-state index in [0.29, 0.717) is 48.2 Å². The molecule has 1 heterocycles. The van der Waals surface area contributed by atoms with Crippen molar-refractivity contribution >= 4 is 40.9 Å². The SMILES string of the molecule is COc1ccc(C(=O)Nc2cc(Cl)ccc2N2CCN(C(=O)/C=C/c3ccccc3)CC2)cc1. The largest absolute Gasteiger partial charge is 0.497 e. The van der Waals surface area contributed by atoms with E-state index in [4.69, 9.17) is 16.3 Å². The number of carbonyl (C=O) groups excluding carboxylic acids is 2. The number of methoxy groups -OCH3 is 1. The zero-order chi connectivity index (χ0) is 23.9. The first-order valence-corrected chi connectivity index (χ1v) is 11.4. The molecule has 0 unspecified atom stereocenters. The predicted molar refractivity (Wildman–Crippen MR) is 137 cm³/mol. The van der Waals surface area contributed by atoms with Crippen LogP contribution in [0.5, 0.6) is 5.75 Å². The quantitative estimate of drug-likeness (QED) is 0.512. The van der Waals surface area contributed by atoms with Crippen molar-refractivity contribution in [2.45, 2.75) is 0 Å². The van der Waals surface area contributed by atoms with Crippen molar-refractivity contribution < 1.29 is 14.3 Å². The number of ether oxygens (including phenoxy) is 1. The molecule has 0 aromatic heterocycles. The van der Waals surface area contributed by atoms with Gasteiger partial charge >= 0.3 is 0 Å². The molecule has 3 aromatic rings. The van der Waals surface area contributed by atoms with E-state index >= 15 is 0 Å². The zero-order valence-corrected chi connectivity index (χ0v) is 19.7.